The summed E-state index contributed by atoms with van der Waals surface area (Å²) in [6.45, 7) is 4.12. The molecule has 1 amide bonds. The average molecular weight is 272 g/mol. The number of hydrogen-bond donors (Lipinski definition) is 2. The number of anilines is 1. The molecular formula is C15H20N4O. The van der Waals surface area contributed by atoms with Crippen LogP contribution in [0.1, 0.15) is 24.0 Å². The van der Waals surface area contributed by atoms with Crippen LogP contribution in [0, 0.1) is 18.3 Å². The van der Waals surface area contributed by atoms with E-state index in [1.54, 1.807) is 0 Å². The maximum atomic E-state index is 10.9. The van der Waals surface area contributed by atoms with Gasteiger partial charge in [-0.05, 0) is 43.5 Å². The molecular weight excluding hydrogens is 252 g/mol. The first-order valence-electron chi connectivity index (χ1n) is 6.86. The first-order chi connectivity index (χ1) is 9.58. The van der Waals surface area contributed by atoms with Gasteiger partial charge < -0.3 is 11.1 Å². The Bertz CT molecular complexity index is 527. The Morgan fingerprint density at radius 1 is 1.50 bits per heavy atom. The summed E-state index contributed by atoms with van der Waals surface area (Å²) in [7, 11) is 0. The van der Waals surface area contributed by atoms with Gasteiger partial charge in [0, 0.05) is 24.8 Å². The Labute approximate surface area is 119 Å². The Hall–Kier alpha value is -2.06. The van der Waals surface area contributed by atoms with E-state index < -0.39 is 0 Å². The lowest BCUT2D eigenvalue weighted by molar-refractivity contribution is -0.119. The molecule has 0 aliphatic carbocycles. The van der Waals surface area contributed by atoms with Gasteiger partial charge in [0.25, 0.3) is 0 Å². The van der Waals surface area contributed by atoms with Crippen molar-refractivity contribution in [2.45, 2.75) is 25.8 Å². The van der Waals surface area contributed by atoms with Gasteiger partial charge in [0.2, 0.25) is 5.91 Å². The van der Waals surface area contributed by atoms with Crippen molar-refractivity contribution in [1.82, 2.24) is 4.90 Å². The van der Waals surface area contributed by atoms with E-state index in [2.05, 4.69) is 16.3 Å². The number of amides is 1. The molecule has 0 radical (unpaired) electrons. The number of aryl methyl sites for hydroxylation is 1. The number of carbonyl (C=O) groups is 1. The number of nitriles is 1. The molecule has 2 rings (SSSR count). The van der Waals surface area contributed by atoms with Crippen LogP contribution in [-0.4, -0.2) is 36.5 Å². The monoisotopic (exact) mass is 272 g/mol. The van der Waals surface area contributed by atoms with E-state index in [4.69, 9.17) is 11.0 Å². The van der Waals surface area contributed by atoms with Crippen molar-refractivity contribution in [3.8, 4) is 6.07 Å². The molecule has 1 heterocycles. The Morgan fingerprint density at radius 2 is 2.20 bits per heavy atom. The summed E-state index contributed by atoms with van der Waals surface area (Å²) in [5.41, 5.74) is 8.06. The molecule has 1 aliphatic rings. The van der Waals surface area contributed by atoms with Crippen molar-refractivity contribution < 1.29 is 4.79 Å². The predicted octanol–water partition coefficient (Wildman–Crippen LogP) is 1.23. The van der Waals surface area contributed by atoms with Crippen molar-refractivity contribution in [3.05, 3.63) is 29.3 Å². The summed E-state index contributed by atoms with van der Waals surface area (Å²) in [5, 5.41) is 12.4. The minimum atomic E-state index is -0.264. The molecule has 1 aromatic rings. The second-order valence-corrected chi connectivity index (χ2v) is 5.30. The third-order valence-corrected chi connectivity index (χ3v) is 3.68. The van der Waals surface area contributed by atoms with Gasteiger partial charge in [-0.1, -0.05) is 0 Å². The van der Waals surface area contributed by atoms with Crippen molar-refractivity contribution >= 4 is 11.6 Å². The number of hydrogen-bond acceptors (Lipinski definition) is 4. The number of piperidine rings is 1. The quantitative estimate of drug-likeness (QED) is 0.863. The van der Waals surface area contributed by atoms with Crippen LogP contribution in [0.4, 0.5) is 5.69 Å². The van der Waals surface area contributed by atoms with Crippen LogP contribution >= 0.6 is 0 Å². The highest BCUT2D eigenvalue weighted by Crippen LogP contribution is 2.20. The van der Waals surface area contributed by atoms with Crippen molar-refractivity contribution in [2.24, 2.45) is 5.73 Å². The van der Waals surface area contributed by atoms with Crippen LogP contribution in [0.15, 0.2) is 18.2 Å². The van der Waals surface area contributed by atoms with Gasteiger partial charge in [0.1, 0.15) is 0 Å². The van der Waals surface area contributed by atoms with E-state index in [1.807, 2.05) is 25.1 Å². The number of rotatable bonds is 4. The zero-order valence-electron chi connectivity index (χ0n) is 11.7. The summed E-state index contributed by atoms with van der Waals surface area (Å²) < 4.78 is 0. The van der Waals surface area contributed by atoms with Crippen LogP contribution in [0.2, 0.25) is 0 Å². The first-order valence-corrected chi connectivity index (χ1v) is 6.86. The maximum absolute atomic E-state index is 10.9. The van der Waals surface area contributed by atoms with Crippen molar-refractivity contribution in [1.29, 1.82) is 5.26 Å². The van der Waals surface area contributed by atoms with Gasteiger partial charge in [-0.15, -0.1) is 0 Å². The fraction of sp³-hybridized carbons (Fsp3) is 0.467. The van der Waals surface area contributed by atoms with E-state index in [-0.39, 0.29) is 5.91 Å². The standard InChI is InChI=1S/C15H20N4O/c1-11-8-12(9-16)2-3-14(11)18-13-4-6-19(7-5-13)10-15(17)20/h2-3,8,13,18H,4-7,10H2,1H3,(H2,17,20). The summed E-state index contributed by atoms with van der Waals surface area (Å²) in [6.07, 6.45) is 1.99. The van der Waals surface area contributed by atoms with Gasteiger partial charge >= 0.3 is 0 Å². The highest BCUT2D eigenvalue weighted by atomic mass is 16.1. The number of nitrogens with one attached hydrogen (secondary N) is 1. The van der Waals surface area contributed by atoms with Gasteiger partial charge in [-0.25, -0.2) is 0 Å². The molecule has 106 valence electrons. The third-order valence-electron chi connectivity index (χ3n) is 3.68. The molecule has 5 nitrogen and oxygen atoms in total. The van der Waals surface area contributed by atoms with Crippen LogP contribution in [0.5, 0.6) is 0 Å². The van der Waals surface area contributed by atoms with E-state index in [0.717, 1.165) is 37.2 Å². The van der Waals surface area contributed by atoms with Crippen LogP contribution in [-0.2, 0) is 4.79 Å². The number of likely N-dealkylation sites (tertiary alicyclic amines) is 1. The normalized spacial score (nSPS) is 16.6. The molecule has 0 atom stereocenters. The van der Waals surface area contributed by atoms with Crippen molar-refractivity contribution in [3.63, 3.8) is 0 Å². The smallest absolute Gasteiger partial charge is 0.231 e. The fourth-order valence-corrected chi connectivity index (χ4v) is 2.57. The minimum absolute atomic E-state index is 0.264. The van der Waals surface area contributed by atoms with E-state index in [0.29, 0.717) is 18.2 Å². The van der Waals surface area contributed by atoms with Gasteiger partial charge in [-0.2, -0.15) is 5.26 Å². The molecule has 1 aromatic carbocycles. The number of benzene rings is 1. The lowest BCUT2D eigenvalue weighted by Crippen LogP contribution is -2.43. The van der Waals surface area contributed by atoms with Crippen LogP contribution in [0.3, 0.4) is 0 Å². The lowest BCUT2D eigenvalue weighted by Gasteiger charge is -2.32. The predicted molar refractivity (Wildman–Crippen MR) is 78.2 cm³/mol. The summed E-state index contributed by atoms with van der Waals surface area (Å²) >= 11 is 0. The average Bonchev–Trinajstić information content (AvgIpc) is 2.42. The second kappa shape index (κ2) is 6.40. The minimum Gasteiger partial charge on any atom is -0.382 e. The van der Waals surface area contributed by atoms with Gasteiger partial charge in [-0.3, -0.25) is 9.69 Å². The fourth-order valence-electron chi connectivity index (χ4n) is 2.57. The zero-order chi connectivity index (χ0) is 14.5. The first kappa shape index (κ1) is 14.4. The Balaban J connectivity index is 1.90. The third kappa shape index (κ3) is 3.72. The molecule has 0 saturated carbocycles. The Morgan fingerprint density at radius 3 is 2.75 bits per heavy atom. The van der Waals surface area contributed by atoms with E-state index >= 15 is 0 Å². The van der Waals surface area contributed by atoms with Crippen LogP contribution < -0.4 is 11.1 Å². The SMILES string of the molecule is Cc1cc(C#N)ccc1NC1CCN(CC(N)=O)CC1. The number of carbonyl (C=O) groups excluding carboxylic acids is 1. The topological polar surface area (TPSA) is 82.2 Å². The molecule has 1 saturated heterocycles. The van der Waals surface area contributed by atoms with Crippen molar-refractivity contribution in [2.75, 3.05) is 25.0 Å². The molecule has 3 N–H and O–H groups in total. The molecule has 0 aromatic heterocycles. The highest BCUT2D eigenvalue weighted by Gasteiger charge is 2.20. The van der Waals surface area contributed by atoms with Crippen LogP contribution in [0.25, 0.3) is 0 Å². The molecule has 1 aliphatic heterocycles. The largest absolute Gasteiger partial charge is 0.382 e. The molecule has 0 bridgehead atoms. The number of primary amides is 1. The molecule has 5 heteroatoms. The van der Waals surface area contributed by atoms with Gasteiger partial charge in [0.05, 0.1) is 18.2 Å². The molecule has 1 fully saturated rings. The van der Waals surface area contributed by atoms with E-state index in [1.165, 1.54) is 0 Å². The number of nitrogens with zero attached hydrogens (tertiary/aromatic N) is 2. The number of nitrogens with two attached hydrogens (primary N) is 1. The summed E-state index contributed by atoms with van der Waals surface area (Å²) in [6, 6.07) is 8.24. The molecule has 0 spiro atoms. The zero-order valence-corrected chi connectivity index (χ0v) is 11.7. The molecule has 20 heavy (non-hydrogen) atoms. The van der Waals surface area contributed by atoms with E-state index in [9.17, 15) is 4.79 Å². The maximum Gasteiger partial charge on any atom is 0.231 e. The highest BCUT2D eigenvalue weighted by molar-refractivity contribution is 5.75. The second-order valence-electron chi connectivity index (χ2n) is 5.30. The summed E-state index contributed by atoms with van der Waals surface area (Å²) in [4.78, 5) is 13.0. The molecule has 0 unspecified atom stereocenters. The van der Waals surface area contributed by atoms with Gasteiger partial charge in [0.15, 0.2) is 0 Å². The Kier molecular flexibility index (Phi) is 4.59. The summed E-state index contributed by atoms with van der Waals surface area (Å²) in [5.74, 6) is -0.264. The lowest BCUT2D eigenvalue weighted by atomic mass is 10.0.